The maximum Gasteiger partial charge on any atom is 0.472 e. The molecule has 1 amide bonds. The molecule has 0 fully saturated rings. The molecule has 58 heavy (non-hydrogen) atoms. The predicted octanol–water partition coefficient (Wildman–Crippen LogP) is 13.9. The first-order valence-corrected chi connectivity index (χ1v) is 25.8. The lowest BCUT2D eigenvalue weighted by atomic mass is 10.1. The Morgan fingerprint density at radius 2 is 0.879 bits per heavy atom. The molecule has 0 aromatic rings. The van der Waals surface area contributed by atoms with Crippen LogP contribution in [0.3, 0.4) is 0 Å². The van der Waals surface area contributed by atoms with Crippen LogP contribution in [0.25, 0.3) is 0 Å². The van der Waals surface area contributed by atoms with Crippen LogP contribution in [-0.2, 0) is 27.9 Å². The van der Waals surface area contributed by atoms with Crippen molar-refractivity contribution in [3.8, 4) is 0 Å². The van der Waals surface area contributed by atoms with E-state index >= 15 is 0 Å². The standard InChI is InChI=1S/C48H92NO8P/c1-3-5-7-9-11-13-15-17-19-21-23-24-26-28-30-32-34-36-38-40-47(51)49-42-43-56-58(53,54)57-45-46(50)44-55-48(52)41-39-37-35-33-31-29-27-25-22-20-18-16-14-12-10-8-6-4-2/h17,19-20,22,46,50H,3-16,18,21,23-45H2,1-2H3,(H,49,51)(H,53,54)/b19-17+,22-20-. The van der Waals surface area contributed by atoms with E-state index in [4.69, 9.17) is 13.8 Å². The summed E-state index contributed by atoms with van der Waals surface area (Å²) in [7, 11) is -4.42. The second-order valence-corrected chi connectivity index (χ2v) is 17.9. The molecule has 342 valence electrons. The highest BCUT2D eigenvalue weighted by Crippen LogP contribution is 2.42. The first kappa shape index (κ1) is 56.5. The molecule has 0 aliphatic heterocycles. The van der Waals surface area contributed by atoms with Gasteiger partial charge in [-0.25, -0.2) is 4.57 Å². The zero-order valence-corrected chi connectivity index (χ0v) is 38.6. The summed E-state index contributed by atoms with van der Waals surface area (Å²) >= 11 is 0. The Hall–Kier alpha value is -1.51. The molecule has 0 aliphatic rings. The molecule has 0 aromatic carbocycles. The van der Waals surface area contributed by atoms with Crippen LogP contribution in [-0.4, -0.2) is 54.3 Å². The van der Waals surface area contributed by atoms with Gasteiger partial charge >= 0.3 is 13.8 Å². The number of hydrogen-bond acceptors (Lipinski definition) is 7. The second kappa shape index (κ2) is 45.0. The van der Waals surface area contributed by atoms with Gasteiger partial charge in [0, 0.05) is 19.4 Å². The van der Waals surface area contributed by atoms with Gasteiger partial charge in [-0.15, -0.1) is 0 Å². The number of hydrogen-bond donors (Lipinski definition) is 3. The van der Waals surface area contributed by atoms with Gasteiger partial charge in [0.25, 0.3) is 0 Å². The van der Waals surface area contributed by atoms with Crippen LogP contribution in [0.1, 0.15) is 239 Å². The quantitative estimate of drug-likeness (QED) is 0.0239. The molecule has 0 spiro atoms. The van der Waals surface area contributed by atoms with Crippen molar-refractivity contribution in [1.82, 2.24) is 5.32 Å². The number of aliphatic hydroxyl groups excluding tert-OH is 1. The van der Waals surface area contributed by atoms with E-state index in [-0.39, 0.29) is 32.1 Å². The van der Waals surface area contributed by atoms with E-state index in [0.717, 1.165) is 38.5 Å². The summed E-state index contributed by atoms with van der Waals surface area (Å²) in [5.41, 5.74) is 0. The number of aliphatic hydroxyl groups is 1. The monoisotopic (exact) mass is 842 g/mol. The van der Waals surface area contributed by atoms with Crippen molar-refractivity contribution >= 4 is 19.7 Å². The van der Waals surface area contributed by atoms with Crippen molar-refractivity contribution in [3.63, 3.8) is 0 Å². The fourth-order valence-electron chi connectivity index (χ4n) is 6.90. The number of rotatable bonds is 46. The molecule has 0 saturated carbocycles. The maximum absolute atomic E-state index is 12.1. The molecule has 3 N–H and O–H groups in total. The smallest absolute Gasteiger partial charge is 0.463 e. The molecule has 0 bridgehead atoms. The summed E-state index contributed by atoms with van der Waals surface area (Å²) in [4.78, 5) is 34.0. The minimum absolute atomic E-state index is 0.0822. The number of allylic oxidation sites excluding steroid dienone is 4. The van der Waals surface area contributed by atoms with E-state index < -0.39 is 26.5 Å². The van der Waals surface area contributed by atoms with E-state index in [2.05, 4.69) is 43.5 Å². The average Bonchev–Trinajstić information content (AvgIpc) is 3.21. The van der Waals surface area contributed by atoms with Crippen LogP contribution >= 0.6 is 7.82 Å². The number of unbranched alkanes of at least 4 members (excludes halogenated alkanes) is 29. The van der Waals surface area contributed by atoms with Gasteiger partial charge in [-0.3, -0.25) is 18.6 Å². The lowest BCUT2D eigenvalue weighted by molar-refractivity contribution is -0.147. The number of ether oxygens (including phenoxy) is 1. The number of phosphoric acid groups is 1. The molecule has 2 atom stereocenters. The highest BCUT2D eigenvalue weighted by molar-refractivity contribution is 7.47. The molecule has 10 heteroatoms. The molecule has 9 nitrogen and oxygen atoms in total. The largest absolute Gasteiger partial charge is 0.472 e. The van der Waals surface area contributed by atoms with E-state index in [0.29, 0.717) is 6.42 Å². The predicted molar refractivity (Wildman–Crippen MR) is 243 cm³/mol. The Morgan fingerprint density at radius 1 is 0.517 bits per heavy atom. The average molecular weight is 842 g/mol. The van der Waals surface area contributed by atoms with Gasteiger partial charge in [-0.05, 0) is 64.2 Å². The van der Waals surface area contributed by atoms with Crippen LogP contribution in [0.5, 0.6) is 0 Å². The van der Waals surface area contributed by atoms with E-state index in [1.807, 2.05) is 0 Å². The lowest BCUT2D eigenvalue weighted by Crippen LogP contribution is -2.27. The number of phosphoric ester groups is 1. The summed E-state index contributed by atoms with van der Waals surface area (Å²) in [5, 5.41) is 12.7. The summed E-state index contributed by atoms with van der Waals surface area (Å²) in [5.74, 6) is -0.515. The summed E-state index contributed by atoms with van der Waals surface area (Å²) in [6.45, 7) is 3.57. The fraction of sp³-hybridized carbons (Fsp3) is 0.875. The third-order valence-electron chi connectivity index (χ3n) is 10.6. The first-order valence-electron chi connectivity index (χ1n) is 24.3. The van der Waals surface area contributed by atoms with E-state index in [1.54, 1.807) is 0 Å². The van der Waals surface area contributed by atoms with Gasteiger partial charge in [0.1, 0.15) is 12.7 Å². The number of nitrogens with one attached hydrogen (secondary N) is 1. The summed E-state index contributed by atoms with van der Waals surface area (Å²) in [6, 6.07) is 0. The molecule has 0 saturated heterocycles. The molecule has 0 aliphatic carbocycles. The number of carbonyl (C=O) groups is 2. The van der Waals surface area contributed by atoms with Gasteiger partial charge in [0.15, 0.2) is 0 Å². The third-order valence-corrected chi connectivity index (χ3v) is 11.6. The van der Waals surface area contributed by atoms with Crippen LogP contribution < -0.4 is 5.32 Å². The van der Waals surface area contributed by atoms with Crippen molar-refractivity contribution in [2.24, 2.45) is 0 Å². The van der Waals surface area contributed by atoms with E-state index in [1.165, 1.54) is 173 Å². The van der Waals surface area contributed by atoms with E-state index in [9.17, 15) is 24.2 Å². The Bertz CT molecular complexity index is 1010. The number of esters is 1. The molecule has 0 heterocycles. The number of carbonyl (C=O) groups excluding carboxylic acids is 2. The summed E-state index contributed by atoms with van der Waals surface area (Å²) in [6.07, 6.45) is 49.7. The minimum Gasteiger partial charge on any atom is -0.463 e. The van der Waals surface area contributed by atoms with Crippen LogP contribution in [0.15, 0.2) is 24.3 Å². The molecular formula is C48H92NO8P. The Balaban J connectivity index is 3.56. The van der Waals surface area contributed by atoms with Crippen LogP contribution in [0.2, 0.25) is 0 Å². The second-order valence-electron chi connectivity index (χ2n) is 16.4. The van der Waals surface area contributed by atoms with Crippen molar-refractivity contribution in [2.45, 2.75) is 245 Å². The van der Waals surface area contributed by atoms with Crippen LogP contribution in [0.4, 0.5) is 0 Å². The van der Waals surface area contributed by atoms with Gasteiger partial charge in [-0.2, -0.15) is 0 Å². The maximum atomic E-state index is 12.1. The molecule has 0 radical (unpaired) electrons. The van der Waals surface area contributed by atoms with Crippen molar-refractivity contribution in [3.05, 3.63) is 24.3 Å². The molecular weight excluding hydrogens is 750 g/mol. The molecule has 0 aromatic heterocycles. The van der Waals surface area contributed by atoms with Crippen LogP contribution in [0, 0.1) is 0 Å². The topological polar surface area (TPSA) is 131 Å². The van der Waals surface area contributed by atoms with Gasteiger partial charge in [0.2, 0.25) is 5.91 Å². The highest BCUT2D eigenvalue weighted by Gasteiger charge is 2.23. The van der Waals surface area contributed by atoms with Gasteiger partial charge in [-0.1, -0.05) is 186 Å². The number of amides is 1. The highest BCUT2D eigenvalue weighted by atomic mass is 31.2. The lowest BCUT2D eigenvalue weighted by Gasteiger charge is -2.15. The Morgan fingerprint density at radius 3 is 1.29 bits per heavy atom. The van der Waals surface area contributed by atoms with Crippen molar-refractivity contribution < 1.29 is 37.9 Å². The Labute approximate surface area is 357 Å². The van der Waals surface area contributed by atoms with Crippen molar-refractivity contribution in [2.75, 3.05) is 26.4 Å². The molecule has 0 rings (SSSR count). The Kier molecular flexibility index (Phi) is 43.9. The normalized spacial score (nSPS) is 13.4. The van der Waals surface area contributed by atoms with Crippen molar-refractivity contribution in [1.29, 1.82) is 0 Å². The molecule has 2 unspecified atom stereocenters. The zero-order valence-electron chi connectivity index (χ0n) is 37.8. The fourth-order valence-corrected chi connectivity index (χ4v) is 7.66. The van der Waals surface area contributed by atoms with Gasteiger partial charge < -0.3 is 20.1 Å². The zero-order chi connectivity index (χ0) is 42.5. The third kappa shape index (κ3) is 45.6. The minimum atomic E-state index is -4.42. The van der Waals surface area contributed by atoms with Gasteiger partial charge in [0.05, 0.1) is 13.2 Å². The first-order chi connectivity index (χ1) is 28.3. The summed E-state index contributed by atoms with van der Waals surface area (Å²) < 4.78 is 26.9. The SMILES string of the molecule is CCCCCCCC/C=C/CCCCCCCCCCCC(=O)NCCOP(=O)(O)OCC(O)COC(=O)CCCCCCCCC/C=C\CCCCCCCCC.